The highest BCUT2D eigenvalue weighted by molar-refractivity contribution is 7.11. The number of halogens is 1. The lowest BCUT2D eigenvalue weighted by atomic mass is 10.3. The van der Waals surface area contributed by atoms with Gasteiger partial charge < -0.3 is 5.32 Å². The maximum atomic E-state index is 6.17. The Morgan fingerprint density at radius 1 is 1.37 bits per heavy atom. The molecule has 1 fully saturated rings. The van der Waals surface area contributed by atoms with Crippen molar-refractivity contribution in [3.8, 4) is 0 Å². The summed E-state index contributed by atoms with van der Waals surface area (Å²) in [6.07, 6.45) is 4.23. The molecule has 0 amide bonds. The minimum Gasteiger partial charge on any atom is -0.363 e. The van der Waals surface area contributed by atoms with Crippen molar-refractivity contribution in [1.29, 1.82) is 0 Å². The van der Waals surface area contributed by atoms with E-state index in [1.807, 2.05) is 13.1 Å². The normalized spacial score (nSPS) is 14.7. The molecule has 0 aromatic carbocycles. The lowest BCUT2D eigenvalue weighted by Gasteiger charge is -2.10. The van der Waals surface area contributed by atoms with Crippen molar-refractivity contribution < 1.29 is 0 Å². The molecule has 1 aliphatic rings. The Hall–Kier alpha value is -1.20. The quantitative estimate of drug-likeness (QED) is 0.874. The van der Waals surface area contributed by atoms with Gasteiger partial charge in [-0.25, -0.2) is 15.0 Å². The number of rotatable bonds is 4. The Labute approximate surface area is 121 Å². The summed E-state index contributed by atoms with van der Waals surface area (Å²) in [5, 5.41) is 4.92. The van der Waals surface area contributed by atoms with Gasteiger partial charge in [-0.2, -0.15) is 0 Å². The lowest BCUT2D eigenvalue weighted by molar-refractivity contribution is 0.910. The van der Waals surface area contributed by atoms with Crippen LogP contribution < -0.4 is 5.32 Å². The highest BCUT2D eigenvalue weighted by atomic mass is 35.5. The van der Waals surface area contributed by atoms with E-state index in [1.54, 1.807) is 11.3 Å². The monoisotopic (exact) mass is 294 g/mol. The van der Waals surface area contributed by atoms with E-state index in [9.17, 15) is 0 Å². The van der Waals surface area contributed by atoms with Crippen LogP contribution >= 0.6 is 22.9 Å². The largest absolute Gasteiger partial charge is 0.363 e. The number of anilines is 1. The van der Waals surface area contributed by atoms with Gasteiger partial charge in [-0.3, -0.25) is 0 Å². The third-order valence-corrected chi connectivity index (χ3v) is 4.40. The zero-order valence-corrected chi connectivity index (χ0v) is 12.5. The van der Waals surface area contributed by atoms with Gasteiger partial charge in [0.25, 0.3) is 0 Å². The number of hydrogen-bond acceptors (Lipinski definition) is 5. The summed E-state index contributed by atoms with van der Waals surface area (Å²) in [7, 11) is 0. The molecule has 4 nitrogen and oxygen atoms in total. The van der Waals surface area contributed by atoms with Crippen LogP contribution in [0.4, 0.5) is 5.82 Å². The van der Waals surface area contributed by atoms with Gasteiger partial charge in [0.1, 0.15) is 21.8 Å². The topological polar surface area (TPSA) is 50.7 Å². The van der Waals surface area contributed by atoms with Gasteiger partial charge in [0.05, 0.1) is 6.54 Å². The van der Waals surface area contributed by atoms with Crippen LogP contribution in [0.25, 0.3) is 0 Å². The second-order valence-electron chi connectivity index (χ2n) is 4.84. The molecule has 0 unspecified atom stereocenters. The van der Waals surface area contributed by atoms with Crippen molar-refractivity contribution >= 4 is 28.8 Å². The molecule has 0 spiro atoms. The van der Waals surface area contributed by atoms with Gasteiger partial charge in [0, 0.05) is 22.6 Å². The number of aromatic nitrogens is 3. The average molecular weight is 295 g/mol. The maximum absolute atomic E-state index is 6.17. The fourth-order valence-corrected chi connectivity index (χ4v) is 2.75. The molecule has 100 valence electrons. The van der Waals surface area contributed by atoms with Crippen molar-refractivity contribution in [1.82, 2.24) is 15.0 Å². The summed E-state index contributed by atoms with van der Waals surface area (Å²) in [4.78, 5) is 14.5. The molecule has 2 heterocycles. The summed E-state index contributed by atoms with van der Waals surface area (Å²) in [6, 6.07) is 0. The molecule has 2 aromatic rings. The van der Waals surface area contributed by atoms with E-state index in [0.29, 0.717) is 17.6 Å². The molecule has 6 heteroatoms. The lowest BCUT2D eigenvalue weighted by Crippen LogP contribution is -2.06. The zero-order valence-electron chi connectivity index (χ0n) is 10.9. The summed E-state index contributed by atoms with van der Waals surface area (Å²) < 4.78 is 0. The average Bonchev–Trinajstić information content (AvgIpc) is 3.15. The van der Waals surface area contributed by atoms with Crippen LogP contribution in [0.2, 0.25) is 5.15 Å². The zero-order chi connectivity index (χ0) is 13.4. The van der Waals surface area contributed by atoms with Crippen molar-refractivity contribution in [2.24, 2.45) is 0 Å². The molecular formula is C13H15ClN4S. The maximum Gasteiger partial charge on any atom is 0.137 e. The first kappa shape index (κ1) is 12.8. The Morgan fingerprint density at radius 2 is 2.16 bits per heavy atom. The van der Waals surface area contributed by atoms with Gasteiger partial charge >= 0.3 is 0 Å². The molecule has 0 bridgehead atoms. The first-order chi connectivity index (χ1) is 9.13. The first-order valence-corrected chi connectivity index (χ1v) is 7.52. The SMILES string of the molecule is Cc1cnc(CNc2nc(C3CC3)nc(Cl)c2C)s1. The number of nitrogens with one attached hydrogen (secondary N) is 1. The van der Waals surface area contributed by atoms with Gasteiger partial charge in [-0.1, -0.05) is 11.6 Å². The molecule has 0 aliphatic heterocycles. The Morgan fingerprint density at radius 3 is 2.79 bits per heavy atom. The highest BCUT2D eigenvalue weighted by Gasteiger charge is 2.28. The molecule has 1 N–H and O–H groups in total. The fourth-order valence-electron chi connectivity index (χ4n) is 1.84. The first-order valence-electron chi connectivity index (χ1n) is 6.32. The van der Waals surface area contributed by atoms with Gasteiger partial charge in [-0.15, -0.1) is 11.3 Å². The van der Waals surface area contributed by atoms with Crippen LogP contribution in [-0.2, 0) is 6.54 Å². The van der Waals surface area contributed by atoms with Crippen LogP contribution in [0.15, 0.2) is 6.20 Å². The smallest absolute Gasteiger partial charge is 0.137 e. The van der Waals surface area contributed by atoms with Crippen molar-refractivity contribution in [3.63, 3.8) is 0 Å². The van der Waals surface area contributed by atoms with E-state index in [4.69, 9.17) is 11.6 Å². The minimum absolute atomic E-state index is 0.501. The third kappa shape index (κ3) is 2.87. The molecular weight excluding hydrogens is 280 g/mol. The van der Waals surface area contributed by atoms with Crippen molar-refractivity contribution in [3.05, 3.63) is 32.6 Å². The van der Waals surface area contributed by atoms with Crippen LogP contribution in [0, 0.1) is 13.8 Å². The molecule has 0 radical (unpaired) electrons. The number of aryl methyl sites for hydroxylation is 1. The third-order valence-electron chi connectivity index (χ3n) is 3.12. The molecule has 1 saturated carbocycles. The summed E-state index contributed by atoms with van der Waals surface area (Å²) >= 11 is 7.86. The van der Waals surface area contributed by atoms with E-state index in [0.717, 1.165) is 22.2 Å². The van der Waals surface area contributed by atoms with Crippen LogP contribution in [0.3, 0.4) is 0 Å². The van der Waals surface area contributed by atoms with Gasteiger partial charge in [0.15, 0.2) is 0 Å². The van der Waals surface area contributed by atoms with E-state index in [1.165, 1.54) is 17.7 Å². The predicted molar refractivity (Wildman–Crippen MR) is 77.9 cm³/mol. The summed E-state index contributed by atoms with van der Waals surface area (Å²) in [5.41, 5.74) is 0.902. The highest BCUT2D eigenvalue weighted by Crippen LogP contribution is 2.39. The number of hydrogen-bond donors (Lipinski definition) is 1. The van der Waals surface area contributed by atoms with Crippen LogP contribution in [-0.4, -0.2) is 15.0 Å². The summed E-state index contributed by atoms with van der Waals surface area (Å²) in [5.74, 6) is 2.20. The molecule has 2 aromatic heterocycles. The number of thiazole rings is 1. The van der Waals surface area contributed by atoms with E-state index in [2.05, 4.69) is 27.2 Å². The van der Waals surface area contributed by atoms with Crippen molar-refractivity contribution in [2.75, 3.05) is 5.32 Å². The Bertz CT molecular complexity index is 607. The molecule has 1 aliphatic carbocycles. The van der Waals surface area contributed by atoms with Crippen molar-refractivity contribution in [2.45, 2.75) is 39.2 Å². The van der Waals surface area contributed by atoms with E-state index < -0.39 is 0 Å². The van der Waals surface area contributed by atoms with Crippen LogP contribution in [0.5, 0.6) is 0 Å². The predicted octanol–water partition coefficient (Wildman–Crippen LogP) is 3.69. The Kier molecular flexibility index (Phi) is 3.41. The summed E-state index contributed by atoms with van der Waals surface area (Å²) in [6.45, 7) is 4.67. The minimum atomic E-state index is 0.501. The van der Waals surface area contributed by atoms with E-state index in [-0.39, 0.29) is 0 Å². The standard InChI is InChI=1S/C13H15ClN4S/c1-7-5-15-10(19-7)6-16-12-8(2)11(14)17-13(18-12)9-3-4-9/h5,9H,3-4,6H2,1-2H3,(H,16,17,18). The number of nitrogens with zero attached hydrogens (tertiary/aromatic N) is 3. The van der Waals surface area contributed by atoms with E-state index >= 15 is 0 Å². The second-order valence-corrected chi connectivity index (χ2v) is 6.52. The molecule has 3 rings (SSSR count). The second kappa shape index (κ2) is 5.06. The Balaban J connectivity index is 1.79. The molecule has 0 atom stereocenters. The molecule has 19 heavy (non-hydrogen) atoms. The van der Waals surface area contributed by atoms with Crippen LogP contribution in [0.1, 0.15) is 40.0 Å². The van der Waals surface area contributed by atoms with Gasteiger partial charge in [-0.05, 0) is 26.7 Å². The van der Waals surface area contributed by atoms with Gasteiger partial charge in [0.2, 0.25) is 0 Å². The molecule has 0 saturated heterocycles. The fraction of sp³-hybridized carbons (Fsp3) is 0.462.